The van der Waals surface area contributed by atoms with Crippen LogP contribution in [-0.2, 0) is 17.1 Å². The molecule has 2 heterocycles. The lowest BCUT2D eigenvalue weighted by Gasteiger charge is -2.19. The van der Waals surface area contributed by atoms with Gasteiger partial charge in [0.1, 0.15) is 0 Å². The first-order valence-corrected chi connectivity index (χ1v) is 11.8. The second-order valence-corrected chi connectivity index (χ2v) is 9.21. The van der Waals surface area contributed by atoms with Gasteiger partial charge in [-0.15, -0.1) is 11.8 Å². The maximum Gasteiger partial charge on any atom is 0.239 e. The molecule has 0 aliphatic heterocycles. The largest absolute Gasteiger partial charge is 0.283 e. The molecule has 0 spiro atoms. The van der Waals surface area contributed by atoms with Gasteiger partial charge in [-0.2, -0.15) is 0 Å². The molecule has 30 heavy (non-hydrogen) atoms. The van der Waals surface area contributed by atoms with Crippen molar-refractivity contribution >= 4 is 44.4 Å². The highest BCUT2D eigenvalue weighted by Gasteiger charge is 2.21. The molecule has 0 aliphatic rings. The van der Waals surface area contributed by atoms with Gasteiger partial charge in [-0.1, -0.05) is 53.8 Å². The summed E-state index contributed by atoms with van der Waals surface area (Å²) in [6, 6.07) is 18.4. The molecule has 2 aromatic heterocycles. The second kappa shape index (κ2) is 9.41. The van der Waals surface area contributed by atoms with Crippen LogP contribution < -0.4 is 4.90 Å². The van der Waals surface area contributed by atoms with Crippen LogP contribution in [0.5, 0.6) is 0 Å². The van der Waals surface area contributed by atoms with E-state index >= 15 is 0 Å². The molecule has 0 N–H and O–H groups in total. The van der Waals surface area contributed by atoms with Crippen molar-refractivity contribution in [2.24, 2.45) is 0 Å². The minimum atomic E-state index is 0.0632. The number of hydrogen-bond donors (Lipinski definition) is 0. The first-order chi connectivity index (χ1) is 14.6. The Morgan fingerprint density at radius 1 is 1.07 bits per heavy atom. The molecule has 0 saturated heterocycles. The predicted molar refractivity (Wildman–Crippen MR) is 127 cm³/mol. The third-order valence-electron chi connectivity index (χ3n) is 4.74. The van der Waals surface area contributed by atoms with Crippen molar-refractivity contribution in [3.63, 3.8) is 0 Å². The zero-order valence-corrected chi connectivity index (χ0v) is 18.7. The van der Waals surface area contributed by atoms with Crippen LogP contribution in [0.1, 0.15) is 22.3 Å². The minimum absolute atomic E-state index is 0.0632. The lowest BCUT2D eigenvalue weighted by Crippen LogP contribution is -2.31. The normalized spacial score (nSPS) is 11.0. The number of pyridine rings is 1. The molecule has 2 aromatic carbocycles. The van der Waals surface area contributed by atoms with Gasteiger partial charge in [0.25, 0.3) is 0 Å². The van der Waals surface area contributed by atoms with Gasteiger partial charge in [0.05, 0.1) is 22.5 Å². The lowest BCUT2D eigenvalue weighted by molar-refractivity contribution is -0.116. The number of carbonyl (C=O) groups excluding carboxylic acids is 1. The van der Waals surface area contributed by atoms with Crippen molar-refractivity contribution in [2.75, 3.05) is 10.7 Å². The Bertz CT molecular complexity index is 1140. The highest BCUT2D eigenvalue weighted by atomic mass is 32.2. The van der Waals surface area contributed by atoms with E-state index in [-0.39, 0.29) is 5.91 Å². The third-order valence-corrected chi connectivity index (χ3v) is 6.96. The zero-order valence-electron chi connectivity index (χ0n) is 17.0. The van der Waals surface area contributed by atoms with Gasteiger partial charge in [0, 0.05) is 18.1 Å². The van der Waals surface area contributed by atoms with E-state index in [9.17, 15) is 4.79 Å². The molecule has 4 aromatic rings. The number of anilines is 1. The molecule has 0 aliphatic carbocycles. The van der Waals surface area contributed by atoms with Gasteiger partial charge < -0.3 is 0 Å². The van der Waals surface area contributed by atoms with Crippen LogP contribution in [-0.4, -0.2) is 21.6 Å². The summed E-state index contributed by atoms with van der Waals surface area (Å²) in [6.45, 7) is 4.64. The SMILES string of the molecule is Cc1cc(C)c2sc(N(Cc3cccnc3)C(=O)CSCc3ccccc3)nc2c1. The van der Waals surface area contributed by atoms with Crippen molar-refractivity contribution < 1.29 is 4.79 Å². The van der Waals surface area contributed by atoms with Crippen molar-refractivity contribution in [1.82, 2.24) is 9.97 Å². The van der Waals surface area contributed by atoms with Crippen LogP contribution in [0.4, 0.5) is 5.13 Å². The van der Waals surface area contributed by atoms with E-state index in [4.69, 9.17) is 4.98 Å². The number of hydrogen-bond acceptors (Lipinski definition) is 5. The molecule has 0 radical (unpaired) electrons. The number of carbonyl (C=O) groups is 1. The Morgan fingerprint density at radius 2 is 1.87 bits per heavy atom. The minimum Gasteiger partial charge on any atom is -0.283 e. The Balaban J connectivity index is 1.57. The molecule has 6 heteroatoms. The van der Waals surface area contributed by atoms with Crippen molar-refractivity contribution in [1.29, 1.82) is 0 Å². The fourth-order valence-corrected chi connectivity index (χ4v) is 5.22. The van der Waals surface area contributed by atoms with Gasteiger partial charge in [0.15, 0.2) is 5.13 Å². The van der Waals surface area contributed by atoms with Crippen LogP contribution in [0.3, 0.4) is 0 Å². The molecule has 0 atom stereocenters. The number of thioether (sulfide) groups is 1. The van der Waals surface area contributed by atoms with Gasteiger partial charge in [0.2, 0.25) is 5.91 Å². The summed E-state index contributed by atoms with van der Waals surface area (Å²) in [5.41, 5.74) is 5.54. The number of fused-ring (bicyclic) bond motifs is 1. The maximum atomic E-state index is 13.2. The first-order valence-electron chi connectivity index (χ1n) is 9.79. The van der Waals surface area contributed by atoms with Crippen LogP contribution in [0.15, 0.2) is 67.0 Å². The van der Waals surface area contributed by atoms with Crippen LogP contribution in [0.25, 0.3) is 10.2 Å². The summed E-state index contributed by atoms with van der Waals surface area (Å²) in [5.74, 6) is 1.28. The Morgan fingerprint density at radius 3 is 2.63 bits per heavy atom. The highest BCUT2D eigenvalue weighted by Crippen LogP contribution is 2.33. The molecular weight excluding hydrogens is 410 g/mol. The zero-order chi connectivity index (χ0) is 20.9. The van der Waals surface area contributed by atoms with Gasteiger partial charge in [-0.05, 0) is 48.2 Å². The molecule has 0 bridgehead atoms. The summed E-state index contributed by atoms with van der Waals surface area (Å²) in [6.07, 6.45) is 3.55. The molecule has 0 unspecified atom stereocenters. The number of amides is 1. The smallest absolute Gasteiger partial charge is 0.239 e. The number of thiazole rings is 1. The Labute approximate surface area is 185 Å². The van der Waals surface area contributed by atoms with Crippen LogP contribution in [0, 0.1) is 13.8 Å². The summed E-state index contributed by atoms with van der Waals surface area (Å²) in [4.78, 5) is 24.0. The van der Waals surface area contributed by atoms with E-state index < -0.39 is 0 Å². The van der Waals surface area contributed by atoms with Crippen LogP contribution >= 0.6 is 23.1 Å². The quantitative estimate of drug-likeness (QED) is 0.371. The molecule has 1 amide bonds. The molecule has 4 nitrogen and oxygen atoms in total. The fourth-order valence-electron chi connectivity index (χ4n) is 3.33. The van der Waals surface area contributed by atoms with Gasteiger partial charge in [-0.25, -0.2) is 4.98 Å². The summed E-state index contributed by atoms with van der Waals surface area (Å²) < 4.78 is 1.14. The van der Waals surface area contributed by atoms with E-state index in [1.54, 1.807) is 40.4 Å². The van der Waals surface area contributed by atoms with E-state index in [0.29, 0.717) is 12.3 Å². The van der Waals surface area contributed by atoms with E-state index in [0.717, 1.165) is 26.7 Å². The second-order valence-electron chi connectivity index (χ2n) is 7.25. The highest BCUT2D eigenvalue weighted by molar-refractivity contribution is 7.99. The van der Waals surface area contributed by atoms with E-state index in [1.165, 1.54) is 16.7 Å². The summed E-state index contributed by atoms with van der Waals surface area (Å²) in [5, 5.41) is 0.743. The standard InChI is InChI=1S/C24H23N3OS2/c1-17-11-18(2)23-21(12-17)26-24(30-23)27(14-20-9-6-10-25-13-20)22(28)16-29-15-19-7-4-3-5-8-19/h3-13H,14-16H2,1-2H3. The molecule has 0 saturated carbocycles. The lowest BCUT2D eigenvalue weighted by atomic mass is 10.1. The number of benzene rings is 2. The van der Waals surface area contributed by atoms with Gasteiger partial charge >= 0.3 is 0 Å². The Kier molecular flexibility index (Phi) is 6.45. The maximum absolute atomic E-state index is 13.2. The molecule has 0 fully saturated rings. The van der Waals surface area contributed by atoms with Gasteiger partial charge in [-0.3, -0.25) is 14.7 Å². The molecule has 152 valence electrons. The Hall–Kier alpha value is -2.70. The van der Waals surface area contributed by atoms with E-state index in [1.807, 2.05) is 30.3 Å². The van der Waals surface area contributed by atoms with Crippen molar-refractivity contribution in [2.45, 2.75) is 26.1 Å². The monoisotopic (exact) mass is 433 g/mol. The van der Waals surface area contributed by atoms with Crippen molar-refractivity contribution in [3.05, 3.63) is 89.2 Å². The average Bonchev–Trinajstić information content (AvgIpc) is 3.17. The van der Waals surface area contributed by atoms with E-state index in [2.05, 4.69) is 43.1 Å². The number of rotatable bonds is 7. The summed E-state index contributed by atoms with van der Waals surface area (Å²) in [7, 11) is 0. The summed E-state index contributed by atoms with van der Waals surface area (Å²) >= 11 is 3.21. The van der Waals surface area contributed by atoms with Crippen LogP contribution in [0.2, 0.25) is 0 Å². The number of aromatic nitrogens is 2. The fraction of sp³-hybridized carbons (Fsp3) is 0.208. The van der Waals surface area contributed by atoms with Crippen molar-refractivity contribution in [3.8, 4) is 0 Å². The number of nitrogens with zero attached hydrogens (tertiary/aromatic N) is 3. The third kappa shape index (κ3) is 4.89. The molecule has 4 rings (SSSR count). The predicted octanol–water partition coefficient (Wildman–Crippen LogP) is 5.77. The average molecular weight is 434 g/mol. The number of aryl methyl sites for hydroxylation is 2. The topological polar surface area (TPSA) is 46.1 Å². The first kappa shape index (κ1) is 20.6. The molecular formula is C24H23N3OS2.